The van der Waals surface area contributed by atoms with Crippen LogP contribution >= 0.6 is 0 Å². The SMILES string of the molecule is O=C(O)c1ccccc1N=Nc1ccccc1C(=O)Oc1ccccc1. The maximum Gasteiger partial charge on any atom is 0.345 e. The van der Waals surface area contributed by atoms with Gasteiger partial charge in [-0.15, -0.1) is 10.2 Å². The highest BCUT2D eigenvalue weighted by Crippen LogP contribution is 2.25. The molecular formula is C20H14N2O4. The summed E-state index contributed by atoms with van der Waals surface area (Å²) in [5.41, 5.74) is 0.744. The van der Waals surface area contributed by atoms with Crippen molar-refractivity contribution >= 4 is 23.3 Å². The van der Waals surface area contributed by atoms with Gasteiger partial charge in [-0.05, 0) is 36.4 Å². The summed E-state index contributed by atoms with van der Waals surface area (Å²) in [6, 6.07) is 21.5. The first-order valence-electron chi connectivity index (χ1n) is 7.75. The van der Waals surface area contributed by atoms with Gasteiger partial charge in [0.1, 0.15) is 17.1 Å². The number of carboxylic acids is 1. The number of benzene rings is 3. The van der Waals surface area contributed by atoms with E-state index in [0.717, 1.165) is 0 Å². The molecule has 0 amide bonds. The Bertz CT molecular complexity index is 968. The van der Waals surface area contributed by atoms with Gasteiger partial charge >= 0.3 is 11.9 Å². The average Bonchev–Trinajstić information content (AvgIpc) is 2.67. The van der Waals surface area contributed by atoms with Crippen LogP contribution in [0.25, 0.3) is 0 Å². The number of carbonyl (C=O) groups excluding carboxylic acids is 1. The van der Waals surface area contributed by atoms with E-state index in [1.54, 1.807) is 60.7 Å². The van der Waals surface area contributed by atoms with Gasteiger partial charge in [0, 0.05) is 0 Å². The van der Waals surface area contributed by atoms with E-state index in [9.17, 15) is 14.7 Å². The minimum atomic E-state index is -1.10. The highest BCUT2D eigenvalue weighted by molar-refractivity contribution is 5.96. The fourth-order valence-corrected chi connectivity index (χ4v) is 2.23. The molecule has 6 nitrogen and oxygen atoms in total. The number of esters is 1. The molecule has 0 radical (unpaired) electrons. The molecule has 1 N–H and O–H groups in total. The maximum atomic E-state index is 12.4. The number of nitrogens with zero attached hydrogens (tertiary/aromatic N) is 2. The summed E-state index contributed by atoms with van der Waals surface area (Å²) in [6.07, 6.45) is 0. The molecular weight excluding hydrogens is 332 g/mol. The Balaban J connectivity index is 1.88. The van der Waals surface area contributed by atoms with Crippen molar-refractivity contribution in [3.8, 4) is 5.75 Å². The molecule has 26 heavy (non-hydrogen) atoms. The average molecular weight is 346 g/mol. The second kappa shape index (κ2) is 7.85. The molecule has 3 aromatic carbocycles. The first-order chi connectivity index (χ1) is 12.6. The molecule has 0 saturated heterocycles. The van der Waals surface area contributed by atoms with E-state index in [-0.39, 0.29) is 22.5 Å². The van der Waals surface area contributed by atoms with Gasteiger partial charge in [-0.3, -0.25) is 0 Å². The quantitative estimate of drug-likeness (QED) is 0.399. The maximum absolute atomic E-state index is 12.4. The lowest BCUT2D eigenvalue weighted by molar-refractivity contribution is 0.0695. The van der Waals surface area contributed by atoms with Gasteiger partial charge in [0.2, 0.25) is 0 Å². The predicted molar refractivity (Wildman–Crippen MR) is 95.4 cm³/mol. The van der Waals surface area contributed by atoms with E-state index in [4.69, 9.17) is 4.74 Å². The minimum absolute atomic E-state index is 0.0283. The molecule has 0 fully saturated rings. The summed E-state index contributed by atoms with van der Waals surface area (Å²) in [7, 11) is 0. The lowest BCUT2D eigenvalue weighted by Gasteiger charge is -2.06. The van der Waals surface area contributed by atoms with Crippen LogP contribution in [0.2, 0.25) is 0 Å². The third kappa shape index (κ3) is 3.99. The number of azo groups is 1. The molecule has 0 unspecified atom stereocenters. The molecule has 0 aromatic heterocycles. The second-order valence-corrected chi connectivity index (χ2v) is 5.24. The molecule has 0 atom stereocenters. The third-order valence-electron chi connectivity index (χ3n) is 3.48. The number of hydrogen-bond donors (Lipinski definition) is 1. The van der Waals surface area contributed by atoms with Crippen molar-refractivity contribution in [1.82, 2.24) is 0 Å². The summed E-state index contributed by atoms with van der Waals surface area (Å²) >= 11 is 0. The van der Waals surface area contributed by atoms with E-state index in [0.29, 0.717) is 5.75 Å². The molecule has 3 rings (SSSR count). The molecule has 0 aliphatic heterocycles. The second-order valence-electron chi connectivity index (χ2n) is 5.24. The molecule has 0 heterocycles. The Hall–Kier alpha value is -3.80. The van der Waals surface area contributed by atoms with Crippen LogP contribution in [-0.2, 0) is 0 Å². The topological polar surface area (TPSA) is 88.3 Å². The van der Waals surface area contributed by atoms with Gasteiger partial charge in [0.15, 0.2) is 0 Å². The highest BCUT2D eigenvalue weighted by atomic mass is 16.5. The Labute approximate surface area is 149 Å². The van der Waals surface area contributed by atoms with Crippen LogP contribution in [0.5, 0.6) is 5.75 Å². The van der Waals surface area contributed by atoms with Crippen LogP contribution < -0.4 is 4.74 Å². The Morgan fingerprint density at radius 2 is 1.19 bits per heavy atom. The number of carboxylic acid groups (broad SMARTS) is 1. The summed E-state index contributed by atoms with van der Waals surface area (Å²) in [4.78, 5) is 23.6. The molecule has 6 heteroatoms. The fourth-order valence-electron chi connectivity index (χ4n) is 2.23. The van der Waals surface area contributed by atoms with Crippen LogP contribution in [0.4, 0.5) is 11.4 Å². The molecule has 0 bridgehead atoms. The number of rotatable bonds is 5. The number of para-hydroxylation sites is 1. The van der Waals surface area contributed by atoms with E-state index in [1.165, 1.54) is 12.1 Å². The zero-order valence-electron chi connectivity index (χ0n) is 13.6. The van der Waals surface area contributed by atoms with Crippen molar-refractivity contribution in [2.45, 2.75) is 0 Å². The van der Waals surface area contributed by atoms with Crippen molar-refractivity contribution < 1.29 is 19.4 Å². The van der Waals surface area contributed by atoms with E-state index in [1.807, 2.05) is 6.07 Å². The van der Waals surface area contributed by atoms with E-state index in [2.05, 4.69) is 10.2 Å². The molecule has 128 valence electrons. The zero-order chi connectivity index (χ0) is 18.4. The van der Waals surface area contributed by atoms with Gasteiger partial charge in [-0.1, -0.05) is 42.5 Å². The first-order valence-corrected chi connectivity index (χ1v) is 7.75. The Kier molecular flexibility index (Phi) is 5.14. The van der Waals surface area contributed by atoms with E-state index < -0.39 is 11.9 Å². The summed E-state index contributed by atoms with van der Waals surface area (Å²) in [6.45, 7) is 0. The lowest BCUT2D eigenvalue weighted by atomic mass is 10.2. The molecule has 0 aliphatic rings. The summed E-state index contributed by atoms with van der Waals surface area (Å²) in [5.74, 6) is -1.26. The molecule has 0 aliphatic carbocycles. The molecule has 3 aromatic rings. The standard InChI is InChI=1S/C20H14N2O4/c23-19(24)15-10-4-6-12-17(15)21-22-18-13-7-5-11-16(18)20(25)26-14-8-2-1-3-9-14/h1-13H,(H,23,24). The van der Waals surface area contributed by atoms with Crippen molar-refractivity contribution in [3.63, 3.8) is 0 Å². The van der Waals surface area contributed by atoms with Crippen LogP contribution in [-0.4, -0.2) is 17.0 Å². The van der Waals surface area contributed by atoms with Gasteiger partial charge in [-0.2, -0.15) is 0 Å². The van der Waals surface area contributed by atoms with Crippen molar-refractivity contribution in [2.24, 2.45) is 10.2 Å². The van der Waals surface area contributed by atoms with Gasteiger partial charge in [-0.25, -0.2) is 9.59 Å². The van der Waals surface area contributed by atoms with Crippen LogP contribution in [0.3, 0.4) is 0 Å². The first kappa shape index (κ1) is 17.0. The number of carbonyl (C=O) groups is 2. The Morgan fingerprint density at radius 1 is 0.692 bits per heavy atom. The van der Waals surface area contributed by atoms with Gasteiger partial charge < -0.3 is 9.84 Å². The normalized spacial score (nSPS) is 10.6. The lowest BCUT2D eigenvalue weighted by Crippen LogP contribution is -2.08. The predicted octanol–water partition coefficient (Wildman–Crippen LogP) is 5.02. The molecule has 0 saturated carbocycles. The van der Waals surface area contributed by atoms with Crippen molar-refractivity contribution in [3.05, 3.63) is 90.0 Å². The van der Waals surface area contributed by atoms with Crippen LogP contribution in [0, 0.1) is 0 Å². The largest absolute Gasteiger partial charge is 0.478 e. The third-order valence-corrected chi connectivity index (χ3v) is 3.48. The van der Waals surface area contributed by atoms with Gasteiger partial charge in [0.25, 0.3) is 0 Å². The monoisotopic (exact) mass is 346 g/mol. The van der Waals surface area contributed by atoms with E-state index >= 15 is 0 Å². The number of hydrogen-bond acceptors (Lipinski definition) is 5. The minimum Gasteiger partial charge on any atom is -0.478 e. The number of ether oxygens (including phenoxy) is 1. The number of aromatic carboxylic acids is 1. The fraction of sp³-hybridized carbons (Fsp3) is 0. The molecule has 0 spiro atoms. The van der Waals surface area contributed by atoms with Crippen LogP contribution in [0.1, 0.15) is 20.7 Å². The summed E-state index contributed by atoms with van der Waals surface area (Å²) < 4.78 is 5.32. The van der Waals surface area contributed by atoms with Crippen molar-refractivity contribution in [2.75, 3.05) is 0 Å². The van der Waals surface area contributed by atoms with Crippen LogP contribution in [0.15, 0.2) is 89.1 Å². The van der Waals surface area contributed by atoms with Gasteiger partial charge in [0.05, 0.1) is 11.1 Å². The zero-order valence-corrected chi connectivity index (χ0v) is 13.6. The Morgan fingerprint density at radius 3 is 1.81 bits per heavy atom. The van der Waals surface area contributed by atoms with Crippen molar-refractivity contribution in [1.29, 1.82) is 0 Å². The highest BCUT2D eigenvalue weighted by Gasteiger charge is 2.14. The summed E-state index contributed by atoms with van der Waals surface area (Å²) in [5, 5.41) is 17.2. The smallest absolute Gasteiger partial charge is 0.345 e.